The molecular weight excluding hydrogens is 360 g/mol. The van der Waals surface area contributed by atoms with Crippen LogP contribution in [0.15, 0.2) is 31.8 Å². The van der Waals surface area contributed by atoms with E-state index < -0.39 is 6.10 Å². The van der Waals surface area contributed by atoms with Gasteiger partial charge in [0.05, 0.1) is 5.69 Å². The first kappa shape index (κ1) is 18.3. The fourth-order valence-electron chi connectivity index (χ4n) is 3.49. The Morgan fingerprint density at radius 1 is 1.18 bits per heavy atom. The number of hydrogen-bond acceptors (Lipinski definition) is 6. The van der Waals surface area contributed by atoms with Crippen molar-refractivity contribution in [3.8, 4) is 5.75 Å². The van der Waals surface area contributed by atoms with Crippen LogP contribution in [0.25, 0.3) is 11.0 Å². The summed E-state index contributed by atoms with van der Waals surface area (Å²) in [5.74, 6) is 0.721. The molecule has 1 atom stereocenters. The van der Waals surface area contributed by atoms with Crippen molar-refractivity contribution in [3.63, 3.8) is 0 Å². The van der Waals surface area contributed by atoms with Gasteiger partial charge in [-0.25, -0.2) is 4.79 Å². The number of carbonyl (C=O) groups is 1. The summed E-state index contributed by atoms with van der Waals surface area (Å²) < 4.78 is 16.6. The van der Waals surface area contributed by atoms with Gasteiger partial charge in [-0.05, 0) is 64.2 Å². The van der Waals surface area contributed by atoms with E-state index in [9.17, 15) is 9.59 Å². The molecule has 7 nitrogen and oxygen atoms in total. The van der Waals surface area contributed by atoms with Crippen molar-refractivity contribution >= 4 is 22.9 Å². The Morgan fingerprint density at radius 3 is 2.64 bits per heavy atom. The van der Waals surface area contributed by atoms with E-state index >= 15 is 0 Å². The molecule has 28 heavy (non-hydrogen) atoms. The van der Waals surface area contributed by atoms with E-state index in [2.05, 4.69) is 10.3 Å². The molecule has 1 unspecified atom stereocenters. The summed E-state index contributed by atoms with van der Waals surface area (Å²) in [6.45, 7) is 5.21. The maximum atomic E-state index is 12.3. The van der Waals surface area contributed by atoms with Crippen LogP contribution in [-0.2, 0) is 17.6 Å². The second-order valence-electron chi connectivity index (χ2n) is 7.12. The molecule has 0 fully saturated rings. The van der Waals surface area contributed by atoms with Crippen LogP contribution in [0.2, 0.25) is 0 Å². The molecule has 0 radical (unpaired) electrons. The molecule has 1 amide bonds. The van der Waals surface area contributed by atoms with Gasteiger partial charge in [0, 0.05) is 17.0 Å². The topological polar surface area (TPSA) is 94.6 Å². The van der Waals surface area contributed by atoms with Crippen molar-refractivity contribution in [2.45, 2.75) is 52.6 Å². The maximum absolute atomic E-state index is 12.3. The Morgan fingerprint density at radius 2 is 1.93 bits per heavy atom. The lowest BCUT2D eigenvalue weighted by Gasteiger charge is -2.17. The molecule has 0 saturated carbocycles. The zero-order chi connectivity index (χ0) is 19.8. The zero-order valence-corrected chi connectivity index (χ0v) is 16.1. The SMILES string of the molecule is Cc1nc(NC(=O)C(C)Oc2ccc3c4c(c(=O)oc3c2)CCCC4)oc1C. The van der Waals surface area contributed by atoms with Gasteiger partial charge < -0.3 is 13.6 Å². The minimum atomic E-state index is -0.783. The number of ether oxygens (including phenoxy) is 1. The van der Waals surface area contributed by atoms with Gasteiger partial charge in [-0.15, -0.1) is 0 Å². The monoisotopic (exact) mass is 382 g/mol. The second-order valence-corrected chi connectivity index (χ2v) is 7.12. The highest BCUT2D eigenvalue weighted by Gasteiger charge is 2.20. The number of aromatic nitrogens is 1. The van der Waals surface area contributed by atoms with Crippen molar-refractivity contribution in [2.24, 2.45) is 0 Å². The molecule has 1 aliphatic carbocycles. The van der Waals surface area contributed by atoms with Gasteiger partial charge in [0.2, 0.25) is 0 Å². The smallest absolute Gasteiger partial charge is 0.339 e. The van der Waals surface area contributed by atoms with Gasteiger partial charge in [-0.1, -0.05) is 0 Å². The third kappa shape index (κ3) is 3.40. The third-order valence-electron chi connectivity index (χ3n) is 5.14. The highest BCUT2D eigenvalue weighted by Crippen LogP contribution is 2.29. The molecule has 0 spiro atoms. The first-order valence-corrected chi connectivity index (χ1v) is 9.42. The zero-order valence-electron chi connectivity index (χ0n) is 16.1. The summed E-state index contributed by atoms with van der Waals surface area (Å²) in [7, 11) is 0. The van der Waals surface area contributed by atoms with Crippen LogP contribution in [0.5, 0.6) is 5.75 Å². The Hall–Kier alpha value is -3.09. The molecule has 7 heteroatoms. The lowest BCUT2D eigenvalue weighted by Crippen LogP contribution is -2.30. The number of carbonyl (C=O) groups excluding carboxylic acids is 1. The Balaban J connectivity index is 1.54. The number of benzene rings is 1. The summed E-state index contributed by atoms with van der Waals surface area (Å²) in [5.41, 5.74) is 2.78. The van der Waals surface area contributed by atoms with E-state index in [1.54, 1.807) is 32.9 Å². The van der Waals surface area contributed by atoms with Gasteiger partial charge in [-0.2, -0.15) is 4.98 Å². The van der Waals surface area contributed by atoms with Crippen LogP contribution in [0.4, 0.5) is 6.01 Å². The summed E-state index contributed by atoms with van der Waals surface area (Å²) in [6, 6.07) is 5.49. The van der Waals surface area contributed by atoms with Crippen molar-refractivity contribution in [1.29, 1.82) is 0 Å². The molecular formula is C21H22N2O5. The van der Waals surface area contributed by atoms with E-state index in [4.69, 9.17) is 13.6 Å². The van der Waals surface area contributed by atoms with Crippen LogP contribution < -0.4 is 15.7 Å². The number of amides is 1. The molecule has 0 bridgehead atoms. The number of anilines is 1. The van der Waals surface area contributed by atoms with Crippen molar-refractivity contribution in [1.82, 2.24) is 4.98 Å². The first-order chi connectivity index (χ1) is 13.4. The minimum Gasteiger partial charge on any atom is -0.481 e. The largest absolute Gasteiger partial charge is 0.481 e. The lowest BCUT2D eigenvalue weighted by molar-refractivity contribution is -0.122. The van der Waals surface area contributed by atoms with Crippen LogP contribution in [0, 0.1) is 13.8 Å². The van der Waals surface area contributed by atoms with Crippen molar-refractivity contribution in [2.75, 3.05) is 5.32 Å². The molecule has 0 saturated heterocycles. The number of aryl methyl sites for hydroxylation is 3. The summed E-state index contributed by atoms with van der Waals surface area (Å²) >= 11 is 0. The lowest BCUT2D eigenvalue weighted by atomic mass is 9.91. The van der Waals surface area contributed by atoms with Gasteiger partial charge in [0.1, 0.15) is 17.1 Å². The number of nitrogens with zero attached hydrogens (tertiary/aromatic N) is 1. The fourth-order valence-corrected chi connectivity index (χ4v) is 3.49. The number of hydrogen-bond donors (Lipinski definition) is 1. The van der Waals surface area contributed by atoms with Crippen molar-refractivity contribution < 1.29 is 18.4 Å². The number of oxazole rings is 1. The molecule has 1 aromatic carbocycles. The molecule has 2 aromatic heterocycles. The fraction of sp³-hybridized carbons (Fsp3) is 0.381. The van der Waals surface area contributed by atoms with E-state index in [0.717, 1.165) is 47.9 Å². The second kappa shape index (κ2) is 7.14. The number of rotatable bonds is 4. The number of nitrogens with one attached hydrogen (secondary N) is 1. The van der Waals surface area contributed by atoms with E-state index in [-0.39, 0.29) is 17.5 Å². The van der Waals surface area contributed by atoms with Crippen LogP contribution >= 0.6 is 0 Å². The van der Waals surface area contributed by atoms with Crippen LogP contribution in [0.3, 0.4) is 0 Å². The normalized spacial score (nSPS) is 14.5. The first-order valence-electron chi connectivity index (χ1n) is 9.42. The minimum absolute atomic E-state index is 0.145. The molecule has 0 aliphatic heterocycles. The van der Waals surface area contributed by atoms with Crippen LogP contribution in [-0.4, -0.2) is 17.0 Å². The Bertz CT molecular complexity index is 1090. The van der Waals surface area contributed by atoms with Crippen LogP contribution in [0.1, 0.15) is 42.3 Å². The van der Waals surface area contributed by atoms with E-state index in [0.29, 0.717) is 17.1 Å². The predicted molar refractivity (Wildman–Crippen MR) is 104 cm³/mol. The highest BCUT2D eigenvalue weighted by atomic mass is 16.5. The van der Waals surface area contributed by atoms with Gasteiger partial charge >= 0.3 is 11.6 Å². The summed E-state index contributed by atoms with van der Waals surface area (Å²) in [5, 5.41) is 3.53. The third-order valence-corrected chi connectivity index (χ3v) is 5.14. The van der Waals surface area contributed by atoms with E-state index in [1.165, 1.54) is 0 Å². The maximum Gasteiger partial charge on any atom is 0.339 e. The van der Waals surface area contributed by atoms with Gasteiger partial charge in [0.15, 0.2) is 6.10 Å². The molecule has 1 aliphatic rings. The Labute approximate surface area is 161 Å². The predicted octanol–water partition coefficient (Wildman–Crippen LogP) is 3.68. The van der Waals surface area contributed by atoms with E-state index in [1.807, 2.05) is 6.07 Å². The van der Waals surface area contributed by atoms with Crippen molar-refractivity contribution in [3.05, 3.63) is 51.2 Å². The molecule has 1 N–H and O–H groups in total. The molecule has 2 heterocycles. The van der Waals surface area contributed by atoms with Gasteiger partial charge in [0.25, 0.3) is 5.91 Å². The van der Waals surface area contributed by atoms with Gasteiger partial charge in [-0.3, -0.25) is 10.1 Å². The average molecular weight is 382 g/mol. The molecule has 4 rings (SSSR count). The number of fused-ring (bicyclic) bond motifs is 3. The quantitative estimate of drug-likeness (QED) is 0.692. The average Bonchev–Trinajstić information content (AvgIpc) is 2.99. The Kier molecular flexibility index (Phi) is 4.66. The molecule has 146 valence electrons. The highest BCUT2D eigenvalue weighted by molar-refractivity contribution is 5.92. The standard InChI is InChI=1S/C21H22N2O5/c1-11-12(2)27-21(22-11)23-19(24)13(3)26-14-8-9-16-15-6-4-5-7-17(15)20(25)28-18(16)10-14/h8-10,13H,4-7H2,1-3H3,(H,22,23,24). The summed E-state index contributed by atoms with van der Waals surface area (Å²) in [4.78, 5) is 28.7. The molecule has 3 aromatic rings. The summed E-state index contributed by atoms with van der Waals surface area (Å²) in [6.07, 6.45) is 2.95.